The lowest BCUT2D eigenvalue weighted by molar-refractivity contribution is 0.606. The summed E-state index contributed by atoms with van der Waals surface area (Å²) >= 11 is 0. The zero-order valence-electron chi connectivity index (χ0n) is 13.4. The molecular formula is C18H22N2O2S. The molecule has 4 nitrogen and oxygen atoms in total. The van der Waals surface area contributed by atoms with Crippen molar-refractivity contribution < 1.29 is 8.42 Å². The van der Waals surface area contributed by atoms with Crippen LogP contribution in [0.5, 0.6) is 0 Å². The van der Waals surface area contributed by atoms with E-state index < -0.39 is 10.0 Å². The highest BCUT2D eigenvalue weighted by Crippen LogP contribution is 2.18. The van der Waals surface area contributed by atoms with Crippen LogP contribution in [0.15, 0.2) is 60.7 Å². The van der Waals surface area contributed by atoms with E-state index in [1.807, 2.05) is 36.4 Å². The van der Waals surface area contributed by atoms with Gasteiger partial charge in [-0.2, -0.15) is 0 Å². The van der Waals surface area contributed by atoms with Gasteiger partial charge in [-0.15, -0.1) is 0 Å². The molecule has 0 aromatic heterocycles. The highest BCUT2D eigenvalue weighted by atomic mass is 32.2. The average molecular weight is 330 g/mol. The van der Waals surface area contributed by atoms with Crippen LogP contribution in [-0.2, 0) is 10.0 Å². The molecule has 2 aromatic rings. The van der Waals surface area contributed by atoms with Crippen LogP contribution in [0.1, 0.15) is 24.1 Å². The van der Waals surface area contributed by atoms with E-state index in [2.05, 4.69) is 41.2 Å². The topological polar surface area (TPSA) is 58.2 Å². The maximum Gasteiger partial charge on any atom is 0.229 e. The first kappa shape index (κ1) is 17.2. The fraction of sp³-hybridized carbons (Fsp3) is 0.222. The minimum atomic E-state index is -3.25. The normalized spacial score (nSPS) is 13.1. The molecule has 0 aliphatic carbocycles. The Morgan fingerprint density at radius 1 is 1.09 bits per heavy atom. The van der Waals surface area contributed by atoms with Gasteiger partial charge in [-0.3, -0.25) is 4.72 Å². The monoisotopic (exact) mass is 330 g/mol. The van der Waals surface area contributed by atoms with Crippen molar-refractivity contribution in [3.8, 4) is 0 Å². The highest BCUT2D eigenvalue weighted by Gasteiger charge is 2.06. The van der Waals surface area contributed by atoms with Crippen molar-refractivity contribution >= 4 is 21.8 Å². The van der Waals surface area contributed by atoms with Crippen LogP contribution < -0.4 is 10.0 Å². The number of anilines is 1. The van der Waals surface area contributed by atoms with Gasteiger partial charge in [0.25, 0.3) is 0 Å². The second-order valence-electron chi connectivity index (χ2n) is 5.44. The van der Waals surface area contributed by atoms with Crippen LogP contribution in [0.4, 0.5) is 5.69 Å². The van der Waals surface area contributed by atoms with Gasteiger partial charge >= 0.3 is 0 Å². The summed E-state index contributed by atoms with van der Waals surface area (Å²) in [5, 5.41) is 3.40. The molecule has 1 atom stereocenters. The second-order valence-corrected chi connectivity index (χ2v) is 7.19. The SMILES string of the molecule is C[C@H](NC/C=C/c1ccccc1)c1cccc(NS(C)(=O)=O)c1. The molecule has 122 valence electrons. The first-order chi connectivity index (χ1) is 10.9. The molecule has 2 N–H and O–H groups in total. The number of hydrogen-bond acceptors (Lipinski definition) is 3. The third kappa shape index (κ3) is 6.26. The molecule has 0 amide bonds. The van der Waals surface area contributed by atoms with E-state index in [4.69, 9.17) is 0 Å². The second kappa shape index (κ2) is 7.94. The van der Waals surface area contributed by atoms with Crippen LogP contribution >= 0.6 is 0 Å². The third-order valence-corrected chi connectivity index (χ3v) is 3.95. The van der Waals surface area contributed by atoms with E-state index in [1.54, 1.807) is 6.07 Å². The molecule has 0 aliphatic heterocycles. The van der Waals surface area contributed by atoms with Gasteiger partial charge < -0.3 is 5.32 Å². The predicted molar refractivity (Wildman–Crippen MR) is 96.8 cm³/mol. The summed E-state index contributed by atoms with van der Waals surface area (Å²) in [6.07, 6.45) is 5.29. The summed E-state index contributed by atoms with van der Waals surface area (Å²) in [6, 6.07) is 17.7. The number of hydrogen-bond donors (Lipinski definition) is 2. The molecule has 2 rings (SSSR count). The minimum Gasteiger partial charge on any atom is -0.307 e. The molecule has 0 unspecified atom stereocenters. The van der Waals surface area contributed by atoms with Gasteiger partial charge in [0, 0.05) is 18.3 Å². The van der Waals surface area contributed by atoms with Crippen molar-refractivity contribution in [1.29, 1.82) is 0 Å². The van der Waals surface area contributed by atoms with Gasteiger partial charge in [0.2, 0.25) is 10.0 Å². The maximum absolute atomic E-state index is 11.3. The molecule has 23 heavy (non-hydrogen) atoms. The van der Waals surface area contributed by atoms with Crippen molar-refractivity contribution in [3.63, 3.8) is 0 Å². The molecule has 0 bridgehead atoms. The van der Waals surface area contributed by atoms with E-state index in [9.17, 15) is 8.42 Å². The third-order valence-electron chi connectivity index (χ3n) is 3.34. The van der Waals surface area contributed by atoms with Crippen molar-refractivity contribution in [3.05, 3.63) is 71.8 Å². The van der Waals surface area contributed by atoms with Gasteiger partial charge in [-0.25, -0.2) is 8.42 Å². The molecule has 0 spiro atoms. The molecule has 5 heteroatoms. The Kier molecular flexibility index (Phi) is 5.96. The van der Waals surface area contributed by atoms with Crippen LogP contribution in [0.25, 0.3) is 6.08 Å². The zero-order valence-corrected chi connectivity index (χ0v) is 14.2. The number of sulfonamides is 1. The first-order valence-corrected chi connectivity index (χ1v) is 9.36. The standard InChI is InChI=1S/C18H22N2O2S/c1-15(19-13-7-10-16-8-4-3-5-9-16)17-11-6-12-18(14-17)20-23(2,21)22/h3-12,14-15,19-20H,13H2,1-2H3/b10-7+/t15-/m0/s1. The highest BCUT2D eigenvalue weighted by molar-refractivity contribution is 7.92. The van der Waals surface area contributed by atoms with Crippen LogP contribution in [0.3, 0.4) is 0 Å². The number of nitrogens with one attached hydrogen (secondary N) is 2. The number of rotatable bonds is 7. The van der Waals surface area contributed by atoms with E-state index in [-0.39, 0.29) is 6.04 Å². The molecule has 0 fully saturated rings. The molecule has 2 aromatic carbocycles. The number of benzene rings is 2. The first-order valence-electron chi connectivity index (χ1n) is 7.47. The molecule has 0 saturated carbocycles. The summed E-state index contributed by atoms with van der Waals surface area (Å²) in [5.74, 6) is 0. The Balaban J connectivity index is 1.92. The maximum atomic E-state index is 11.3. The lowest BCUT2D eigenvalue weighted by Crippen LogP contribution is -2.18. The zero-order chi connectivity index (χ0) is 16.7. The van der Waals surface area contributed by atoms with Crippen molar-refractivity contribution in [2.75, 3.05) is 17.5 Å². The fourth-order valence-corrected chi connectivity index (χ4v) is 2.76. The Morgan fingerprint density at radius 3 is 2.52 bits per heavy atom. The average Bonchev–Trinajstić information content (AvgIpc) is 2.51. The largest absolute Gasteiger partial charge is 0.307 e. The van der Waals surface area contributed by atoms with E-state index >= 15 is 0 Å². The summed E-state index contributed by atoms with van der Waals surface area (Å²) in [5.41, 5.74) is 2.78. The summed E-state index contributed by atoms with van der Waals surface area (Å²) < 4.78 is 25.1. The summed E-state index contributed by atoms with van der Waals surface area (Å²) in [6.45, 7) is 2.79. The van der Waals surface area contributed by atoms with Gasteiger partial charge in [0.1, 0.15) is 0 Å². The Labute approximate surface area is 138 Å². The quantitative estimate of drug-likeness (QED) is 0.818. The fourth-order valence-electron chi connectivity index (χ4n) is 2.21. The Hall–Kier alpha value is -2.11. The predicted octanol–water partition coefficient (Wildman–Crippen LogP) is 3.42. The summed E-state index contributed by atoms with van der Waals surface area (Å²) in [4.78, 5) is 0. The molecule has 0 saturated heterocycles. The van der Waals surface area contributed by atoms with E-state index in [0.29, 0.717) is 5.69 Å². The lowest BCUT2D eigenvalue weighted by atomic mass is 10.1. The molecular weight excluding hydrogens is 308 g/mol. The van der Waals surface area contributed by atoms with Crippen molar-refractivity contribution in [1.82, 2.24) is 5.32 Å². The summed E-state index contributed by atoms with van der Waals surface area (Å²) in [7, 11) is -3.25. The van der Waals surface area contributed by atoms with E-state index in [0.717, 1.165) is 18.4 Å². The molecule has 0 aliphatic rings. The lowest BCUT2D eigenvalue weighted by Gasteiger charge is -2.14. The van der Waals surface area contributed by atoms with Gasteiger partial charge in [-0.05, 0) is 30.2 Å². The van der Waals surface area contributed by atoms with Gasteiger partial charge in [0.05, 0.1) is 6.26 Å². The van der Waals surface area contributed by atoms with Gasteiger partial charge in [-0.1, -0.05) is 54.6 Å². The van der Waals surface area contributed by atoms with Crippen LogP contribution in [0, 0.1) is 0 Å². The minimum absolute atomic E-state index is 0.122. The Bertz CT molecular complexity index is 756. The van der Waals surface area contributed by atoms with Crippen LogP contribution in [0.2, 0.25) is 0 Å². The van der Waals surface area contributed by atoms with Gasteiger partial charge in [0.15, 0.2) is 0 Å². The molecule has 0 radical (unpaired) electrons. The van der Waals surface area contributed by atoms with E-state index in [1.165, 1.54) is 5.56 Å². The van der Waals surface area contributed by atoms with Crippen LogP contribution in [-0.4, -0.2) is 21.2 Å². The smallest absolute Gasteiger partial charge is 0.229 e. The Morgan fingerprint density at radius 2 is 1.83 bits per heavy atom. The molecule has 0 heterocycles. The van der Waals surface area contributed by atoms with Crippen molar-refractivity contribution in [2.24, 2.45) is 0 Å². The van der Waals surface area contributed by atoms with Crippen molar-refractivity contribution in [2.45, 2.75) is 13.0 Å².